The SMILES string of the molecule is NS(=O)(=O)c1ccc(CN=Cc2c(O)[nH]c(=O)c3ccc(-c4cc[nH]c4)cc23)cc1. The third-order valence-electron chi connectivity index (χ3n) is 4.72. The van der Waals surface area contributed by atoms with E-state index in [0.717, 1.165) is 16.7 Å². The second-order valence-corrected chi connectivity index (χ2v) is 8.30. The molecule has 0 saturated carbocycles. The molecule has 0 radical (unpaired) electrons. The lowest BCUT2D eigenvalue weighted by molar-refractivity contribution is 0.452. The van der Waals surface area contributed by atoms with Gasteiger partial charge in [-0.25, -0.2) is 13.6 Å². The summed E-state index contributed by atoms with van der Waals surface area (Å²) in [5.74, 6) is -0.271. The van der Waals surface area contributed by atoms with Crippen molar-refractivity contribution in [2.75, 3.05) is 0 Å². The number of nitrogens with zero attached hydrogens (tertiary/aromatic N) is 1. The lowest BCUT2D eigenvalue weighted by Crippen LogP contribution is -2.11. The van der Waals surface area contributed by atoms with Crippen molar-refractivity contribution in [2.45, 2.75) is 11.4 Å². The summed E-state index contributed by atoms with van der Waals surface area (Å²) in [5.41, 5.74) is 2.61. The summed E-state index contributed by atoms with van der Waals surface area (Å²) in [6.07, 6.45) is 5.13. The van der Waals surface area contributed by atoms with E-state index in [9.17, 15) is 18.3 Å². The minimum Gasteiger partial charge on any atom is -0.494 e. The number of nitrogens with one attached hydrogen (secondary N) is 2. The lowest BCUT2D eigenvalue weighted by atomic mass is 10.0. The van der Waals surface area contributed by atoms with Crippen LogP contribution in [0.4, 0.5) is 0 Å². The molecule has 2 aromatic heterocycles. The summed E-state index contributed by atoms with van der Waals surface area (Å²) < 4.78 is 22.7. The smallest absolute Gasteiger partial charge is 0.258 e. The van der Waals surface area contributed by atoms with E-state index in [-0.39, 0.29) is 22.9 Å². The first-order valence-electron chi connectivity index (χ1n) is 8.96. The molecule has 4 aromatic rings. The molecule has 0 unspecified atom stereocenters. The molecule has 0 fully saturated rings. The standard InChI is InChI=1S/C21H18N4O4S/c22-30(28,29)16-4-1-13(2-5-16)10-24-12-19-18-9-14(15-7-8-23-11-15)3-6-17(18)20(26)25-21(19)27/h1-9,11-12,23H,10H2,(H2,22,28,29)(H2,25,26,27). The van der Waals surface area contributed by atoms with Crippen molar-refractivity contribution >= 4 is 27.0 Å². The monoisotopic (exact) mass is 422 g/mol. The maximum Gasteiger partial charge on any atom is 0.258 e. The Labute approximate surface area is 171 Å². The van der Waals surface area contributed by atoms with Crippen LogP contribution in [0.25, 0.3) is 21.9 Å². The predicted octanol–water partition coefficient (Wildman–Crippen LogP) is 2.50. The van der Waals surface area contributed by atoms with Crippen LogP contribution in [0.3, 0.4) is 0 Å². The minimum absolute atomic E-state index is 0.0248. The fourth-order valence-corrected chi connectivity index (χ4v) is 3.69. The summed E-state index contributed by atoms with van der Waals surface area (Å²) in [6.45, 7) is 0.252. The number of nitrogens with two attached hydrogens (primary N) is 1. The minimum atomic E-state index is -3.75. The van der Waals surface area contributed by atoms with Crippen LogP contribution in [-0.4, -0.2) is 29.7 Å². The largest absolute Gasteiger partial charge is 0.494 e. The van der Waals surface area contributed by atoms with E-state index in [1.54, 1.807) is 24.4 Å². The number of aromatic amines is 2. The van der Waals surface area contributed by atoms with Crippen LogP contribution in [0.1, 0.15) is 11.1 Å². The Bertz CT molecular complexity index is 1400. The van der Waals surface area contributed by atoms with Gasteiger partial charge in [0.15, 0.2) is 0 Å². The first-order chi connectivity index (χ1) is 14.3. The highest BCUT2D eigenvalue weighted by molar-refractivity contribution is 7.89. The zero-order valence-electron chi connectivity index (χ0n) is 15.7. The predicted molar refractivity (Wildman–Crippen MR) is 115 cm³/mol. The summed E-state index contributed by atoms with van der Waals surface area (Å²) in [6, 6.07) is 13.3. The number of hydrogen-bond donors (Lipinski definition) is 4. The number of benzene rings is 2. The zero-order chi connectivity index (χ0) is 21.3. The number of fused-ring (bicyclic) bond motifs is 1. The number of aromatic nitrogens is 2. The third-order valence-corrected chi connectivity index (χ3v) is 5.65. The molecule has 9 heteroatoms. The fourth-order valence-electron chi connectivity index (χ4n) is 3.18. The zero-order valence-corrected chi connectivity index (χ0v) is 16.5. The second kappa shape index (κ2) is 7.62. The van der Waals surface area contributed by atoms with Crippen LogP contribution in [0.15, 0.2) is 75.6 Å². The van der Waals surface area contributed by atoms with Gasteiger partial charge in [0, 0.05) is 29.4 Å². The van der Waals surface area contributed by atoms with Crippen molar-refractivity contribution in [3.05, 3.63) is 82.4 Å². The van der Waals surface area contributed by atoms with Crippen LogP contribution in [0, 0.1) is 0 Å². The van der Waals surface area contributed by atoms with E-state index >= 15 is 0 Å². The molecule has 0 aliphatic carbocycles. The van der Waals surface area contributed by atoms with Gasteiger partial charge in [-0.1, -0.05) is 18.2 Å². The molecule has 152 valence electrons. The molecule has 30 heavy (non-hydrogen) atoms. The Morgan fingerprint density at radius 1 is 1.03 bits per heavy atom. The van der Waals surface area contributed by atoms with Gasteiger partial charge < -0.3 is 10.1 Å². The molecule has 2 heterocycles. The van der Waals surface area contributed by atoms with Gasteiger partial charge >= 0.3 is 0 Å². The summed E-state index contributed by atoms with van der Waals surface area (Å²) >= 11 is 0. The molecule has 0 amide bonds. The quantitative estimate of drug-likeness (QED) is 0.367. The Morgan fingerprint density at radius 3 is 2.47 bits per heavy atom. The molecule has 0 saturated heterocycles. The third kappa shape index (κ3) is 3.88. The Morgan fingerprint density at radius 2 is 1.80 bits per heavy atom. The number of H-pyrrole nitrogens is 2. The lowest BCUT2D eigenvalue weighted by Gasteiger charge is -2.07. The molecule has 0 aliphatic heterocycles. The number of hydrogen-bond acceptors (Lipinski definition) is 5. The van der Waals surface area contributed by atoms with Gasteiger partial charge in [-0.2, -0.15) is 0 Å². The highest BCUT2D eigenvalue weighted by Crippen LogP contribution is 2.27. The van der Waals surface area contributed by atoms with Crippen molar-refractivity contribution in [1.29, 1.82) is 0 Å². The van der Waals surface area contributed by atoms with Crippen LogP contribution in [-0.2, 0) is 16.6 Å². The normalized spacial score (nSPS) is 12.0. The van der Waals surface area contributed by atoms with Gasteiger partial charge in [-0.15, -0.1) is 0 Å². The molecule has 0 aliphatic rings. The average Bonchev–Trinajstić information content (AvgIpc) is 3.24. The Kier molecular flexibility index (Phi) is 4.98. The van der Waals surface area contributed by atoms with Crippen molar-refractivity contribution in [3.63, 3.8) is 0 Å². The molecule has 2 aromatic carbocycles. The fraction of sp³-hybridized carbons (Fsp3) is 0.0476. The Hall–Kier alpha value is -3.69. The van der Waals surface area contributed by atoms with Crippen molar-refractivity contribution in [1.82, 2.24) is 9.97 Å². The van der Waals surface area contributed by atoms with Crippen molar-refractivity contribution in [2.24, 2.45) is 10.1 Å². The summed E-state index contributed by atoms with van der Waals surface area (Å²) in [5, 5.41) is 16.4. The van der Waals surface area contributed by atoms with Crippen LogP contribution in [0.2, 0.25) is 0 Å². The molecule has 4 rings (SSSR count). The van der Waals surface area contributed by atoms with Gasteiger partial charge in [0.05, 0.1) is 17.0 Å². The number of aliphatic imine (C=N–C) groups is 1. The van der Waals surface area contributed by atoms with E-state index in [4.69, 9.17) is 5.14 Å². The molecule has 0 spiro atoms. The van der Waals surface area contributed by atoms with Gasteiger partial charge in [0.2, 0.25) is 15.9 Å². The van der Waals surface area contributed by atoms with E-state index in [2.05, 4.69) is 15.0 Å². The Balaban J connectivity index is 1.69. The van der Waals surface area contributed by atoms with Gasteiger partial charge in [0.25, 0.3) is 5.56 Å². The van der Waals surface area contributed by atoms with Crippen LogP contribution < -0.4 is 10.7 Å². The molecular formula is C21H18N4O4S. The van der Waals surface area contributed by atoms with Crippen LogP contribution in [0.5, 0.6) is 5.88 Å². The maximum atomic E-state index is 12.2. The van der Waals surface area contributed by atoms with Crippen molar-refractivity contribution < 1.29 is 13.5 Å². The number of rotatable bonds is 5. The number of sulfonamides is 1. The summed E-state index contributed by atoms with van der Waals surface area (Å²) in [7, 11) is -3.75. The number of pyridine rings is 1. The second-order valence-electron chi connectivity index (χ2n) is 6.74. The van der Waals surface area contributed by atoms with Crippen LogP contribution >= 0.6 is 0 Å². The molecule has 5 N–H and O–H groups in total. The molecular weight excluding hydrogens is 404 g/mol. The van der Waals surface area contributed by atoms with Gasteiger partial charge in [-0.05, 0) is 47.0 Å². The molecule has 0 atom stereocenters. The maximum absolute atomic E-state index is 12.2. The van der Waals surface area contributed by atoms with Gasteiger partial charge in [0.1, 0.15) is 0 Å². The van der Waals surface area contributed by atoms with Gasteiger partial charge in [-0.3, -0.25) is 14.8 Å². The average molecular weight is 422 g/mol. The first kappa shape index (κ1) is 19.6. The molecule has 0 bridgehead atoms. The number of primary sulfonamides is 1. The van der Waals surface area contributed by atoms with Crippen molar-refractivity contribution in [3.8, 4) is 17.0 Å². The summed E-state index contributed by atoms with van der Waals surface area (Å²) in [4.78, 5) is 22.0. The molecule has 8 nitrogen and oxygen atoms in total. The highest BCUT2D eigenvalue weighted by atomic mass is 32.2. The topological polar surface area (TPSA) is 141 Å². The number of aromatic hydroxyl groups is 1. The van der Waals surface area contributed by atoms with E-state index in [1.165, 1.54) is 18.3 Å². The first-order valence-corrected chi connectivity index (χ1v) is 10.5. The van der Waals surface area contributed by atoms with E-state index in [0.29, 0.717) is 16.3 Å². The highest BCUT2D eigenvalue weighted by Gasteiger charge is 2.11. The van der Waals surface area contributed by atoms with E-state index < -0.39 is 10.0 Å². The van der Waals surface area contributed by atoms with E-state index in [1.807, 2.05) is 24.4 Å².